The van der Waals surface area contributed by atoms with Gasteiger partial charge >= 0.3 is 6.18 Å². The van der Waals surface area contributed by atoms with E-state index in [1.54, 1.807) is 37.3 Å². The first-order valence-corrected chi connectivity index (χ1v) is 9.09. The lowest BCUT2D eigenvalue weighted by Crippen LogP contribution is -2.52. The third-order valence-electron chi connectivity index (χ3n) is 5.22. The Bertz CT molecular complexity index is 1050. The Labute approximate surface area is 166 Å². The van der Waals surface area contributed by atoms with Gasteiger partial charge in [-0.25, -0.2) is 0 Å². The standard InChI is InChI=1S/C23H18F3NO2/c1-15-12-13-18-19(14-15)22(29,27(21(18)28)17-10-6-3-7-11-17)20(23(24,25)26)16-8-4-2-5-9-16/h2-14,20,29H,1H3. The Kier molecular flexibility index (Phi) is 4.46. The zero-order chi connectivity index (χ0) is 20.8. The van der Waals surface area contributed by atoms with E-state index in [4.69, 9.17) is 0 Å². The number of rotatable bonds is 3. The lowest BCUT2D eigenvalue weighted by Gasteiger charge is -2.41. The summed E-state index contributed by atoms with van der Waals surface area (Å²) in [5.74, 6) is -3.00. The number of hydrogen-bond donors (Lipinski definition) is 1. The highest BCUT2D eigenvalue weighted by Gasteiger charge is 2.63. The first kappa shape index (κ1) is 19.2. The molecule has 0 spiro atoms. The van der Waals surface area contributed by atoms with Crippen molar-refractivity contribution in [2.45, 2.75) is 24.7 Å². The van der Waals surface area contributed by atoms with Crippen LogP contribution >= 0.6 is 0 Å². The van der Waals surface area contributed by atoms with Crippen molar-refractivity contribution >= 4 is 11.6 Å². The number of halogens is 3. The molecule has 2 unspecified atom stereocenters. The fourth-order valence-corrected chi connectivity index (χ4v) is 4.02. The molecule has 2 atom stereocenters. The molecule has 0 saturated heterocycles. The molecular weight excluding hydrogens is 379 g/mol. The number of para-hydroxylation sites is 1. The summed E-state index contributed by atoms with van der Waals surface area (Å²) in [4.78, 5) is 14.0. The van der Waals surface area contributed by atoms with Gasteiger partial charge in [-0.15, -0.1) is 0 Å². The molecule has 0 aromatic heterocycles. The van der Waals surface area contributed by atoms with Crippen molar-refractivity contribution in [3.8, 4) is 0 Å². The van der Waals surface area contributed by atoms with Gasteiger partial charge in [-0.2, -0.15) is 13.2 Å². The van der Waals surface area contributed by atoms with E-state index in [1.807, 2.05) is 0 Å². The van der Waals surface area contributed by atoms with Crippen LogP contribution in [0.5, 0.6) is 0 Å². The molecule has 4 rings (SSSR count). The zero-order valence-corrected chi connectivity index (χ0v) is 15.5. The molecule has 1 heterocycles. The molecule has 1 aliphatic rings. The van der Waals surface area contributed by atoms with Gasteiger partial charge in [0.2, 0.25) is 0 Å². The van der Waals surface area contributed by atoms with Crippen LogP contribution < -0.4 is 4.90 Å². The fraction of sp³-hybridized carbons (Fsp3) is 0.174. The van der Waals surface area contributed by atoms with Gasteiger partial charge in [0.05, 0.1) is 0 Å². The predicted octanol–water partition coefficient (Wildman–Crippen LogP) is 5.15. The van der Waals surface area contributed by atoms with Crippen molar-refractivity contribution in [2.75, 3.05) is 4.90 Å². The molecule has 3 nitrogen and oxygen atoms in total. The minimum Gasteiger partial charge on any atom is -0.366 e. The Morgan fingerprint density at radius 1 is 0.931 bits per heavy atom. The lowest BCUT2D eigenvalue weighted by atomic mass is 9.82. The van der Waals surface area contributed by atoms with Crippen LogP contribution in [0.3, 0.4) is 0 Å². The molecule has 148 valence electrons. The molecule has 1 amide bonds. The number of hydrogen-bond acceptors (Lipinski definition) is 2. The number of carbonyl (C=O) groups is 1. The van der Waals surface area contributed by atoms with E-state index in [0.717, 1.165) is 4.90 Å². The zero-order valence-electron chi connectivity index (χ0n) is 15.5. The van der Waals surface area contributed by atoms with Crippen molar-refractivity contribution in [3.05, 3.63) is 101 Å². The smallest absolute Gasteiger partial charge is 0.366 e. The van der Waals surface area contributed by atoms with E-state index in [2.05, 4.69) is 0 Å². The lowest BCUT2D eigenvalue weighted by molar-refractivity contribution is -0.197. The first-order chi connectivity index (χ1) is 13.7. The molecule has 3 aromatic carbocycles. The monoisotopic (exact) mass is 397 g/mol. The van der Waals surface area contributed by atoms with Crippen LogP contribution in [0.25, 0.3) is 0 Å². The predicted molar refractivity (Wildman–Crippen MR) is 104 cm³/mol. The van der Waals surface area contributed by atoms with E-state index < -0.39 is 23.7 Å². The summed E-state index contributed by atoms with van der Waals surface area (Å²) in [6, 6.07) is 19.7. The molecule has 0 bridgehead atoms. The van der Waals surface area contributed by atoms with Crippen LogP contribution in [0.1, 0.15) is 33.0 Å². The van der Waals surface area contributed by atoms with Gasteiger partial charge in [0.15, 0.2) is 5.72 Å². The largest absolute Gasteiger partial charge is 0.400 e. The summed E-state index contributed by atoms with van der Waals surface area (Å²) in [5.41, 5.74) is -1.88. The molecular formula is C23H18F3NO2. The number of anilines is 1. The van der Waals surface area contributed by atoms with Crippen LogP contribution in [0.2, 0.25) is 0 Å². The van der Waals surface area contributed by atoms with Gasteiger partial charge in [-0.05, 0) is 30.7 Å². The first-order valence-electron chi connectivity index (χ1n) is 9.09. The average Bonchev–Trinajstić information content (AvgIpc) is 2.89. The fourth-order valence-electron chi connectivity index (χ4n) is 4.02. The highest BCUT2D eigenvalue weighted by atomic mass is 19.4. The molecule has 0 radical (unpaired) electrons. The van der Waals surface area contributed by atoms with Gasteiger partial charge in [-0.1, -0.05) is 66.2 Å². The van der Waals surface area contributed by atoms with Gasteiger partial charge in [0, 0.05) is 16.8 Å². The van der Waals surface area contributed by atoms with E-state index in [0.29, 0.717) is 5.56 Å². The molecule has 0 fully saturated rings. The van der Waals surface area contributed by atoms with Gasteiger partial charge < -0.3 is 5.11 Å². The number of carbonyl (C=O) groups excluding carboxylic acids is 1. The second-order valence-electron chi connectivity index (χ2n) is 7.14. The minimum absolute atomic E-state index is 0.0440. The minimum atomic E-state index is -4.81. The van der Waals surface area contributed by atoms with E-state index >= 15 is 0 Å². The van der Waals surface area contributed by atoms with E-state index in [-0.39, 0.29) is 22.4 Å². The number of aryl methyl sites for hydroxylation is 1. The SMILES string of the molecule is Cc1ccc2c(c1)C(O)(C(c1ccccc1)C(F)(F)F)N(c1ccccc1)C2=O. The van der Waals surface area contributed by atoms with E-state index in [9.17, 15) is 23.1 Å². The summed E-state index contributed by atoms with van der Waals surface area (Å²) in [7, 11) is 0. The second-order valence-corrected chi connectivity index (χ2v) is 7.14. The second kappa shape index (κ2) is 6.74. The number of aliphatic hydroxyl groups is 1. The molecule has 1 aliphatic heterocycles. The summed E-state index contributed by atoms with van der Waals surface area (Å²) in [5, 5.41) is 11.8. The average molecular weight is 397 g/mol. The highest BCUT2D eigenvalue weighted by molar-refractivity contribution is 6.12. The van der Waals surface area contributed by atoms with Crippen LogP contribution in [-0.4, -0.2) is 17.2 Å². The Morgan fingerprint density at radius 2 is 1.52 bits per heavy atom. The van der Waals surface area contributed by atoms with Gasteiger partial charge in [0.1, 0.15) is 5.92 Å². The topological polar surface area (TPSA) is 40.5 Å². The molecule has 0 saturated carbocycles. The Balaban J connectivity index is 2.04. The number of nitrogens with zero attached hydrogens (tertiary/aromatic N) is 1. The van der Waals surface area contributed by atoms with Crippen LogP contribution in [0.4, 0.5) is 18.9 Å². The highest BCUT2D eigenvalue weighted by Crippen LogP contribution is 2.54. The van der Waals surface area contributed by atoms with Crippen LogP contribution in [0, 0.1) is 6.92 Å². The third-order valence-corrected chi connectivity index (χ3v) is 5.22. The van der Waals surface area contributed by atoms with Crippen molar-refractivity contribution in [1.82, 2.24) is 0 Å². The van der Waals surface area contributed by atoms with Gasteiger partial charge in [-0.3, -0.25) is 9.69 Å². The summed E-state index contributed by atoms with van der Waals surface area (Å²) >= 11 is 0. The maximum Gasteiger partial charge on any atom is 0.400 e. The van der Waals surface area contributed by atoms with Crippen LogP contribution in [0.15, 0.2) is 78.9 Å². The van der Waals surface area contributed by atoms with Crippen molar-refractivity contribution < 1.29 is 23.1 Å². The maximum atomic E-state index is 14.4. The Morgan fingerprint density at radius 3 is 2.10 bits per heavy atom. The summed E-state index contributed by atoms with van der Waals surface area (Å²) < 4.78 is 43.2. The molecule has 3 aromatic rings. The van der Waals surface area contributed by atoms with Crippen molar-refractivity contribution in [3.63, 3.8) is 0 Å². The Hall–Kier alpha value is -3.12. The van der Waals surface area contributed by atoms with Gasteiger partial charge in [0.25, 0.3) is 5.91 Å². The molecule has 6 heteroatoms. The third kappa shape index (κ3) is 3.00. The molecule has 0 aliphatic carbocycles. The molecule has 29 heavy (non-hydrogen) atoms. The van der Waals surface area contributed by atoms with Crippen LogP contribution in [-0.2, 0) is 5.72 Å². The maximum absolute atomic E-state index is 14.4. The quantitative estimate of drug-likeness (QED) is 0.664. The normalized spacial score (nSPS) is 19.9. The number of amides is 1. The summed E-state index contributed by atoms with van der Waals surface area (Å²) in [6.07, 6.45) is -4.81. The van der Waals surface area contributed by atoms with E-state index in [1.165, 1.54) is 48.5 Å². The molecule has 1 N–H and O–H groups in total. The number of alkyl halides is 3. The number of fused-ring (bicyclic) bond motifs is 1. The number of benzene rings is 3. The van der Waals surface area contributed by atoms with Crippen molar-refractivity contribution in [1.29, 1.82) is 0 Å². The summed E-state index contributed by atoms with van der Waals surface area (Å²) in [6.45, 7) is 1.71. The van der Waals surface area contributed by atoms with Crippen molar-refractivity contribution in [2.24, 2.45) is 0 Å².